The minimum Gasteiger partial charge on any atom is -0.477 e. The number of aryl methyl sites for hydroxylation is 1. The van der Waals surface area contributed by atoms with Crippen LogP contribution in [0.3, 0.4) is 0 Å². The lowest BCUT2D eigenvalue weighted by atomic mass is 10.2. The van der Waals surface area contributed by atoms with E-state index in [-0.39, 0.29) is 16.9 Å². The van der Waals surface area contributed by atoms with Crippen molar-refractivity contribution in [2.45, 2.75) is 26.9 Å². The first-order valence-corrected chi connectivity index (χ1v) is 10.6. The predicted octanol–water partition coefficient (Wildman–Crippen LogP) is 1.50. The Bertz CT molecular complexity index is 1220. The zero-order chi connectivity index (χ0) is 21.4. The van der Waals surface area contributed by atoms with Crippen molar-refractivity contribution < 1.29 is 9.90 Å². The Kier molecular flexibility index (Phi) is 5.44. The molecule has 0 bridgehead atoms. The zero-order valence-corrected chi connectivity index (χ0v) is 17.7. The highest BCUT2D eigenvalue weighted by molar-refractivity contribution is 7.18. The summed E-state index contributed by atoms with van der Waals surface area (Å²) in [7, 11) is 0. The Morgan fingerprint density at radius 1 is 1.23 bits per heavy atom. The number of H-pyrrole nitrogens is 1. The smallest absolute Gasteiger partial charge is 0.354 e. The maximum atomic E-state index is 12.5. The van der Waals surface area contributed by atoms with Gasteiger partial charge < -0.3 is 15.0 Å². The molecular formula is C20H23N5O4S. The molecule has 0 aromatic carbocycles. The van der Waals surface area contributed by atoms with E-state index in [1.54, 1.807) is 6.92 Å². The zero-order valence-electron chi connectivity index (χ0n) is 16.8. The average Bonchev–Trinajstić information content (AvgIpc) is 3.11. The first-order valence-electron chi connectivity index (χ1n) is 9.81. The number of carboxylic acid groups (broad SMARTS) is 1. The highest BCUT2D eigenvalue weighted by Gasteiger charge is 2.21. The van der Waals surface area contributed by atoms with Crippen molar-refractivity contribution in [2.75, 3.05) is 31.1 Å². The van der Waals surface area contributed by atoms with E-state index >= 15 is 0 Å². The number of aromatic amines is 1. The summed E-state index contributed by atoms with van der Waals surface area (Å²) in [6, 6.07) is 5.26. The number of nitrogens with zero attached hydrogens (tertiary/aromatic N) is 4. The minimum absolute atomic E-state index is 0.0554. The van der Waals surface area contributed by atoms with Crippen LogP contribution in [0.2, 0.25) is 0 Å². The summed E-state index contributed by atoms with van der Waals surface area (Å²) in [4.78, 5) is 48.1. The van der Waals surface area contributed by atoms with Crippen LogP contribution < -0.4 is 16.1 Å². The third-order valence-electron chi connectivity index (χ3n) is 5.39. The number of thiophene rings is 1. The summed E-state index contributed by atoms with van der Waals surface area (Å²) in [6.45, 7) is 7.96. The molecule has 0 amide bonds. The van der Waals surface area contributed by atoms with Crippen LogP contribution in [0.1, 0.15) is 28.0 Å². The molecule has 0 saturated carbocycles. The lowest BCUT2D eigenvalue weighted by Crippen LogP contribution is -2.46. The van der Waals surface area contributed by atoms with Crippen molar-refractivity contribution in [3.8, 4) is 0 Å². The first-order chi connectivity index (χ1) is 14.4. The molecule has 4 rings (SSSR count). The molecule has 0 aliphatic carbocycles. The molecule has 1 saturated heterocycles. The number of fused-ring (bicyclic) bond motifs is 1. The second-order valence-corrected chi connectivity index (χ2v) is 8.44. The van der Waals surface area contributed by atoms with E-state index in [2.05, 4.69) is 19.8 Å². The van der Waals surface area contributed by atoms with Crippen molar-refractivity contribution in [1.29, 1.82) is 0 Å². The second kappa shape index (κ2) is 8.04. The molecule has 9 nitrogen and oxygen atoms in total. The molecule has 0 unspecified atom stereocenters. The molecule has 3 aromatic rings. The highest BCUT2D eigenvalue weighted by Crippen LogP contribution is 2.24. The minimum atomic E-state index is -1.02. The number of nitrogens with one attached hydrogen (secondary N) is 1. The summed E-state index contributed by atoms with van der Waals surface area (Å²) in [5.41, 5.74) is 1.73. The molecule has 158 valence electrons. The molecule has 4 heterocycles. The number of pyridine rings is 1. The quantitative estimate of drug-likeness (QED) is 0.632. The molecule has 0 atom stereocenters. The summed E-state index contributed by atoms with van der Waals surface area (Å²) in [6.07, 6.45) is 0. The van der Waals surface area contributed by atoms with Crippen molar-refractivity contribution in [1.82, 2.24) is 19.4 Å². The lowest BCUT2D eigenvalue weighted by molar-refractivity contribution is 0.0690. The monoisotopic (exact) mass is 429 g/mol. The number of carbonyl (C=O) groups is 1. The molecule has 10 heteroatoms. The third kappa shape index (κ3) is 3.75. The highest BCUT2D eigenvalue weighted by atomic mass is 32.1. The number of rotatable bonds is 5. The molecule has 2 N–H and O–H groups in total. The van der Waals surface area contributed by atoms with Crippen LogP contribution in [-0.2, 0) is 13.1 Å². The summed E-state index contributed by atoms with van der Waals surface area (Å²) >= 11 is 1.44. The van der Waals surface area contributed by atoms with Gasteiger partial charge in [0.15, 0.2) is 0 Å². The van der Waals surface area contributed by atoms with Gasteiger partial charge in [-0.25, -0.2) is 14.6 Å². The molecule has 3 aromatic heterocycles. The normalized spacial score (nSPS) is 15.1. The van der Waals surface area contributed by atoms with Gasteiger partial charge in [0.25, 0.3) is 5.56 Å². The van der Waals surface area contributed by atoms with Gasteiger partial charge in [-0.15, -0.1) is 11.3 Å². The van der Waals surface area contributed by atoms with Crippen LogP contribution in [0.4, 0.5) is 5.69 Å². The van der Waals surface area contributed by atoms with Gasteiger partial charge in [0, 0.05) is 44.1 Å². The number of aromatic carboxylic acids is 1. The first kappa shape index (κ1) is 20.3. The molecule has 30 heavy (non-hydrogen) atoms. The predicted molar refractivity (Wildman–Crippen MR) is 116 cm³/mol. The van der Waals surface area contributed by atoms with E-state index in [0.717, 1.165) is 43.3 Å². The topological polar surface area (TPSA) is 112 Å². The number of hydrogen-bond acceptors (Lipinski definition) is 7. The maximum Gasteiger partial charge on any atom is 0.354 e. The summed E-state index contributed by atoms with van der Waals surface area (Å²) in [5.74, 6) is -1.02. The van der Waals surface area contributed by atoms with Crippen molar-refractivity contribution in [2.24, 2.45) is 0 Å². The number of anilines is 1. The van der Waals surface area contributed by atoms with Gasteiger partial charge in [-0.3, -0.25) is 14.3 Å². The Labute approximate surface area is 176 Å². The second-order valence-electron chi connectivity index (χ2n) is 7.30. The Morgan fingerprint density at radius 2 is 1.97 bits per heavy atom. The van der Waals surface area contributed by atoms with Crippen LogP contribution in [-0.4, -0.2) is 56.7 Å². The van der Waals surface area contributed by atoms with Gasteiger partial charge in [0.2, 0.25) is 0 Å². The molecule has 1 aliphatic rings. The van der Waals surface area contributed by atoms with Crippen LogP contribution in [0.15, 0.2) is 27.8 Å². The van der Waals surface area contributed by atoms with E-state index in [1.807, 2.05) is 19.1 Å². The van der Waals surface area contributed by atoms with Gasteiger partial charge in [-0.1, -0.05) is 0 Å². The van der Waals surface area contributed by atoms with Gasteiger partial charge in [0.05, 0.1) is 16.9 Å². The summed E-state index contributed by atoms with van der Waals surface area (Å²) in [5, 5.41) is 9.08. The Morgan fingerprint density at radius 3 is 2.60 bits per heavy atom. The van der Waals surface area contributed by atoms with E-state index in [4.69, 9.17) is 5.11 Å². The fourth-order valence-electron chi connectivity index (χ4n) is 3.83. The Balaban J connectivity index is 1.45. The third-order valence-corrected chi connectivity index (χ3v) is 6.50. The summed E-state index contributed by atoms with van der Waals surface area (Å²) < 4.78 is 1.80. The number of piperazine rings is 1. The van der Waals surface area contributed by atoms with Crippen molar-refractivity contribution in [3.63, 3.8) is 0 Å². The lowest BCUT2D eigenvalue weighted by Gasteiger charge is -2.36. The van der Waals surface area contributed by atoms with E-state index in [1.165, 1.54) is 22.0 Å². The fourth-order valence-corrected chi connectivity index (χ4v) is 4.93. The van der Waals surface area contributed by atoms with Gasteiger partial charge in [-0.2, -0.15) is 0 Å². The standard InChI is InChI=1S/C20H23N5O4S/c1-3-25-18(26)17-15(22-20(25)29)10-13(30-17)11-23-6-8-24(9-7-23)16-5-4-14(19(27)28)21-12(16)2/h4-5,10H,3,6-9,11H2,1-2H3,(H,22,29)(H,27,28). The SMILES string of the molecule is CCn1c(=O)[nH]c2cc(CN3CCN(c4ccc(C(=O)O)nc4C)CC3)sc2c1=O. The maximum absolute atomic E-state index is 12.5. The molecular weight excluding hydrogens is 406 g/mol. The molecule has 1 fully saturated rings. The molecule has 1 aliphatic heterocycles. The van der Waals surface area contributed by atoms with Gasteiger partial charge in [0.1, 0.15) is 10.4 Å². The molecule has 0 radical (unpaired) electrons. The van der Waals surface area contributed by atoms with Crippen LogP contribution in [0, 0.1) is 6.92 Å². The van der Waals surface area contributed by atoms with Crippen LogP contribution in [0.5, 0.6) is 0 Å². The largest absolute Gasteiger partial charge is 0.477 e. The Hall–Kier alpha value is -2.98. The fraction of sp³-hybridized carbons (Fsp3) is 0.400. The van der Waals surface area contributed by atoms with Crippen molar-refractivity contribution in [3.05, 3.63) is 55.3 Å². The number of hydrogen-bond donors (Lipinski definition) is 2. The van der Waals surface area contributed by atoms with Crippen LogP contribution in [0.25, 0.3) is 10.2 Å². The number of aromatic nitrogens is 3. The van der Waals surface area contributed by atoms with Crippen LogP contribution >= 0.6 is 11.3 Å². The van der Waals surface area contributed by atoms with E-state index in [9.17, 15) is 14.4 Å². The van der Waals surface area contributed by atoms with Gasteiger partial charge >= 0.3 is 11.7 Å². The van der Waals surface area contributed by atoms with Crippen molar-refractivity contribution >= 4 is 33.2 Å². The van der Waals surface area contributed by atoms with Gasteiger partial charge in [-0.05, 0) is 32.0 Å². The number of carboxylic acids is 1. The molecule has 0 spiro atoms. The average molecular weight is 430 g/mol. The van der Waals surface area contributed by atoms with E-state index < -0.39 is 5.97 Å². The van der Waals surface area contributed by atoms with E-state index in [0.29, 0.717) is 22.5 Å².